The molecule has 2 N–H and O–H groups in total. The lowest BCUT2D eigenvalue weighted by Gasteiger charge is -2.33. The highest BCUT2D eigenvalue weighted by atomic mass is 32.1. The molecule has 0 aliphatic heterocycles. The van der Waals surface area contributed by atoms with Crippen molar-refractivity contribution < 1.29 is 0 Å². The zero-order chi connectivity index (χ0) is 12.4. The van der Waals surface area contributed by atoms with Gasteiger partial charge < -0.3 is 10.6 Å². The fraction of sp³-hybridized carbons (Fsp3) is 0.769. The normalized spacial score (nSPS) is 26.8. The van der Waals surface area contributed by atoms with E-state index in [1.807, 2.05) is 13.1 Å². The quantitative estimate of drug-likeness (QED) is 0.899. The summed E-state index contributed by atoms with van der Waals surface area (Å²) in [6, 6.07) is 0.763. The van der Waals surface area contributed by atoms with E-state index in [-0.39, 0.29) is 6.04 Å². The molecular weight excluding hydrogens is 230 g/mol. The average Bonchev–Trinajstić information content (AvgIpc) is 2.78. The minimum absolute atomic E-state index is 0.0982. The summed E-state index contributed by atoms with van der Waals surface area (Å²) in [7, 11) is 2.17. The monoisotopic (exact) mass is 253 g/mol. The van der Waals surface area contributed by atoms with Crippen LogP contribution in [-0.4, -0.2) is 18.1 Å². The van der Waals surface area contributed by atoms with Crippen LogP contribution in [0.5, 0.6) is 0 Å². The molecule has 2 rings (SSSR count). The molecule has 1 fully saturated rings. The van der Waals surface area contributed by atoms with Crippen LogP contribution in [0.15, 0.2) is 6.20 Å². The number of thiazole rings is 1. The van der Waals surface area contributed by atoms with Gasteiger partial charge in [-0.2, -0.15) is 0 Å². The third kappa shape index (κ3) is 2.99. The number of hydrogen-bond acceptors (Lipinski definition) is 4. The Morgan fingerprint density at radius 1 is 1.41 bits per heavy atom. The first-order valence-electron chi connectivity index (χ1n) is 6.52. The van der Waals surface area contributed by atoms with Crippen molar-refractivity contribution >= 4 is 16.5 Å². The Morgan fingerprint density at radius 3 is 2.59 bits per heavy atom. The maximum Gasteiger partial charge on any atom is 0.185 e. The van der Waals surface area contributed by atoms with Gasteiger partial charge in [-0.25, -0.2) is 4.98 Å². The fourth-order valence-corrected chi connectivity index (χ4v) is 3.34. The van der Waals surface area contributed by atoms with Gasteiger partial charge in [0.15, 0.2) is 5.13 Å². The summed E-state index contributed by atoms with van der Waals surface area (Å²) in [6.45, 7) is 4.37. The van der Waals surface area contributed by atoms with Crippen LogP contribution in [0.3, 0.4) is 0 Å². The predicted octanol–water partition coefficient (Wildman–Crippen LogP) is 3.18. The summed E-state index contributed by atoms with van der Waals surface area (Å²) >= 11 is 1.73. The lowest BCUT2D eigenvalue weighted by Crippen LogP contribution is -2.34. The lowest BCUT2D eigenvalue weighted by atomic mass is 9.87. The Kier molecular flexibility index (Phi) is 4.05. The SMILES string of the molecule is CC1CCC(N(C)c2ncc(C(C)N)s2)CC1. The molecule has 0 bridgehead atoms. The molecule has 3 nitrogen and oxygen atoms in total. The predicted molar refractivity (Wildman–Crippen MR) is 74.5 cm³/mol. The number of aromatic nitrogens is 1. The third-order valence-corrected chi connectivity index (χ3v) is 5.08. The van der Waals surface area contributed by atoms with Crippen molar-refractivity contribution in [2.24, 2.45) is 11.7 Å². The number of hydrogen-bond donors (Lipinski definition) is 1. The largest absolute Gasteiger partial charge is 0.348 e. The molecule has 0 saturated heterocycles. The molecule has 17 heavy (non-hydrogen) atoms. The number of rotatable bonds is 3. The first-order chi connectivity index (χ1) is 8.08. The molecule has 1 saturated carbocycles. The van der Waals surface area contributed by atoms with Crippen LogP contribution in [0.25, 0.3) is 0 Å². The van der Waals surface area contributed by atoms with Gasteiger partial charge in [0.1, 0.15) is 0 Å². The van der Waals surface area contributed by atoms with E-state index in [2.05, 4.69) is 23.9 Å². The van der Waals surface area contributed by atoms with Crippen LogP contribution in [0.1, 0.15) is 50.4 Å². The molecule has 1 aliphatic carbocycles. The van der Waals surface area contributed by atoms with E-state index >= 15 is 0 Å². The molecule has 96 valence electrons. The van der Waals surface area contributed by atoms with E-state index in [9.17, 15) is 0 Å². The second-order valence-electron chi connectivity index (χ2n) is 5.36. The molecule has 1 unspecified atom stereocenters. The summed E-state index contributed by atoms with van der Waals surface area (Å²) in [5, 5.41) is 1.12. The van der Waals surface area contributed by atoms with E-state index in [4.69, 9.17) is 5.73 Å². The van der Waals surface area contributed by atoms with Crippen molar-refractivity contribution in [3.05, 3.63) is 11.1 Å². The van der Waals surface area contributed by atoms with Crippen molar-refractivity contribution in [3.8, 4) is 0 Å². The Bertz CT molecular complexity index is 353. The van der Waals surface area contributed by atoms with Gasteiger partial charge in [0, 0.05) is 30.2 Å². The first-order valence-corrected chi connectivity index (χ1v) is 7.33. The summed E-state index contributed by atoms with van der Waals surface area (Å²) in [6.07, 6.45) is 7.21. The van der Waals surface area contributed by atoms with Crippen molar-refractivity contribution in [2.75, 3.05) is 11.9 Å². The lowest BCUT2D eigenvalue weighted by molar-refractivity contribution is 0.340. The Morgan fingerprint density at radius 2 is 2.06 bits per heavy atom. The van der Waals surface area contributed by atoms with E-state index in [0.29, 0.717) is 6.04 Å². The molecule has 1 aromatic heterocycles. The van der Waals surface area contributed by atoms with Crippen LogP contribution < -0.4 is 10.6 Å². The summed E-state index contributed by atoms with van der Waals surface area (Å²) in [5.41, 5.74) is 5.88. The highest BCUT2D eigenvalue weighted by Gasteiger charge is 2.23. The molecule has 1 atom stereocenters. The number of nitrogens with two attached hydrogens (primary N) is 1. The van der Waals surface area contributed by atoms with Crippen molar-refractivity contribution in [1.82, 2.24) is 4.98 Å². The van der Waals surface area contributed by atoms with E-state index in [1.54, 1.807) is 11.3 Å². The van der Waals surface area contributed by atoms with Gasteiger partial charge in [-0.15, -0.1) is 11.3 Å². The van der Waals surface area contributed by atoms with Gasteiger partial charge >= 0.3 is 0 Å². The van der Waals surface area contributed by atoms with Gasteiger partial charge in [-0.1, -0.05) is 6.92 Å². The zero-order valence-electron chi connectivity index (χ0n) is 11.0. The van der Waals surface area contributed by atoms with Crippen molar-refractivity contribution in [1.29, 1.82) is 0 Å². The van der Waals surface area contributed by atoms with Gasteiger partial charge in [0.2, 0.25) is 0 Å². The standard InChI is InChI=1S/C13H23N3S/c1-9-4-6-11(7-5-9)16(3)13-15-8-12(17-13)10(2)14/h8-11H,4-7,14H2,1-3H3. The Hall–Kier alpha value is -0.610. The van der Waals surface area contributed by atoms with Crippen LogP contribution in [0, 0.1) is 5.92 Å². The van der Waals surface area contributed by atoms with E-state index < -0.39 is 0 Å². The smallest absolute Gasteiger partial charge is 0.185 e. The van der Waals surface area contributed by atoms with Gasteiger partial charge in [0.25, 0.3) is 0 Å². The zero-order valence-corrected chi connectivity index (χ0v) is 11.8. The fourth-order valence-electron chi connectivity index (χ4n) is 2.44. The van der Waals surface area contributed by atoms with Gasteiger partial charge in [-0.05, 0) is 38.5 Å². The second kappa shape index (κ2) is 5.36. The van der Waals surface area contributed by atoms with E-state index in [1.165, 1.54) is 30.6 Å². The summed E-state index contributed by atoms with van der Waals surface area (Å²) < 4.78 is 0. The Balaban J connectivity index is 2.01. The van der Waals surface area contributed by atoms with Crippen molar-refractivity contribution in [2.45, 2.75) is 51.6 Å². The molecular formula is C13H23N3S. The second-order valence-corrected chi connectivity index (χ2v) is 6.40. The first kappa shape index (κ1) is 12.8. The molecule has 0 radical (unpaired) electrons. The molecule has 0 spiro atoms. The molecule has 0 amide bonds. The minimum Gasteiger partial charge on any atom is -0.348 e. The van der Waals surface area contributed by atoms with Gasteiger partial charge in [-0.3, -0.25) is 0 Å². The molecule has 1 heterocycles. The van der Waals surface area contributed by atoms with Gasteiger partial charge in [0.05, 0.1) is 0 Å². The third-order valence-electron chi connectivity index (χ3n) is 3.79. The maximum absolute atomic E-state index is 5.88. The summed E-state index contributed by atoms with van der Waals surface area (Å²) in [4.78, 5) is 8.02. The minimum atomic E-state index is 0.0982. The summed E-state index contributed by atoms with van der Waals surface area (Å²) in [5.74, 6) is 0.899. The molecule has 1 aliphatic rings. The molecule has 4 heteroatoms. The highest BCUT2D eigenvalue weighted by Crippen LogP contribution is 2.32. The molecule has 1 aromatic rings. The Labute approximate surface area is 108 Å². The van der Waals surface area contributed by atoms with E-state index in [0.717, 1.165) is 11.0 Å². The molecule has 0 aromatic carbocycles. The average molecular weight is 253 g/mol. The highest BCUT2D eigenvalue weighted by molar-refractivity contribution is 7.15. The topological polar surface area (TPSA) is 42.2 Å². The van der Waals surface area contributed by atoms with Crippen molar-refractivity contribution in [3.63, 3.8) is 0 Å². The number of nitrogens with zero attached hydrogens (tertiary/aromatic N) is 2. The van der Waals surface area contributed by atoms with Crippen LogP contribution in [0.2, 0.25) is 0 Å². The van der Waals surface area contributed by atoms with Crippen LogP contribution in [-0.2, 0) is 0 Å². The number of anilines is 1. The maximum atomic E-state index is 5.88. The van der Waals surface area contributed by atoms with Crippen LogP contribution >= 0.6 is 11.3 Å². The van der Waals surface area contributed by atoms with Crippen LogP contribution in [0.4, 0.5) is 5.13 Å².